The van der Waals surface area contributed by atoms with Crippen molar-refractivity contribution in [1.82, 2.24) is 4.90 Å². The highest BCUT2D eigenvalue weighted by atomic mass is 35.5. The van der Waals surface area contributed by atoms with Crippen molar-refractivity contribution in [2.24, 2.45) is 5.73 Å². The second-order valence-electron chi connectivity index (χ2n) is 1.51. The van der Waals surface area contributed by atoms with Gasteiger partial charge in [-0.3, -0.25) is 0 Å². The number of primary amides is 1. The van der Waals surface area contributed by atoms with Gasteiger partial charge in [0.1, 0.15) is 0 Å². The van der Waals surface area contributed by atoms with Gasteiger partial charge in [-0.1, -0.05) is 0 Å². The van der Waals surface area contributed by atoms with Gasteiger partial charge in [-0.05, 0) is 13.8 Å². The van der Waals surface area contributed by atoms with Crippen LogP contribution in [0.15, 0.2) is 0 Å². The van der Waals surface area contributed by atoms with Crippen LogP contribution in [0.1, 0.15) is 13.8 Å². The molecule has 0 aromatic heterocycles. The van der Waals surface area contributed by atoms with Crippen molar-refractivity contribution in [3.05, 3.63) is 0 Å². The second kappa shape index (κ2) is 8.85. The van der Waals surface area contributed by atoms with Crippen molar-refractivity contribution in [2.75, 3.05) is 13.1 Å². The predicted molar refractivity (Wildman–Crippen MR) is 47.0 cm³/mol. The Morgan fingerprint density at radius 2 is 1.60 bits per heavy atom. The summed E-state index contributed by atoms with van der Waals surface area (Å²) >= 11 is 0. The molecule has 0 saturated heterocycles. The Bertz CT molecular complexity index is 85.7. The van der Waals surface area contributed by atoms with Crippen LogP contribution in [0.2, 0.25) is 0 Å². The molecule has 0 aromatic carbocycles. The van der Waals surface area contributed by atoms with Crippen molar-refractivity contribution in [2.45, 2.75) is 13.8 Å². The molecule has 5 heteroatoms. The highest BCUT2D eigenvalue weighted by Crippen LogP contribution is 1.82. The molecule has 0 bridgehead atoms. The molecule has 2 N–H and O–H groups in total. The smallest absolute Gasteiger partial charge is 0.314 e. The molecule has 2 amide bonds. The summed E-state index contributed by atoms with van der Waals surface area (Å²) in [6.45, 7) is 5.19. The largest absolute Gasteiger partial charge is 0.351 e. The van der Waals surface area contributed by atoms with Gasteiger partial charge in [0, 0.05) is 13.1 Å². The van der Waals surface area contributed by atoms with Crippen molar-refractivity contribution in [3.8, 4) is 0 Å². The number of carbonyl (C=O) groups is 1. The number of rotatable bonds is 2. The Morgan fingerprint density at radius 3 is 1.60 bits per heavy atom. The molecule has 0 saturated carbocycles. The van der Waals surface area contributed by atoms with E-state index in [1.807, 2.05) is 13.8 Å². The van der Waals surface area contributed by atoms with E-state index < -0.39 is 0 Å². The lowest BCUT2D eigenvalue weighted by Gasteiger charge is -2.13. The molecule has 0 rings (SSSR count). The molecule has 0 atom stereocenters. The summed E-state index contributed by atoms with van der Waals surface area (Å²) in [6, 6.07) is -0.338. The minimum Gasteiger partial charge on any atom is -0.351 e. The maximum absolute atomic E-state index is 10.3. The average Bonchev–Trinajstić information content (AvgIpc) is 1.69. The molecule has 0 aliphatic carbocycles. The molecule has 0 aliphatic rings. The van der Waals surface area contributed by atoms with Gasteiger partial charge < -0.3 is 10.6 Å². The van der Waals surface area contributed by atoms with Gasteiger partial charge in [-0.15, -0.1) is 24.8 Å². The minimum absolute atomic E-state index is 0. The van der Waals surface area contributed by atoms with Gasteiger partial charge in [0.25, 0.3) is 0 Å². The third-order valence-corrected chi connectivity index (χ3v) is 1.08. The minimum atomic E-state index is -0.338. The van der Waals surface area contributed by atoms with E-state index in [-0.39, 0.29) is 30.8 Å². The van der Waals surface area contributed by atoms with Crippen LogP contribution in [-0.4, -0.2) is 24.0 Å². The van der Waals surface area contributed by atoms with Crippen LogP contribution in [0.25, 0.3) is 0 Å². The average molecular weight is 189 g/mol. The fourth-order valence-electron chi connectivity index (χ4n) is 0.535. The van der Waals surface area contributed by atoms with E-state index in [1.165, 1.54) is 0 Å². The van der Waals surface area contributed by atoms with Gasteiger partial charge >= 0.3 is 6.03 Å². The van der Waals surface area contributed by atoms with Crippen LogP contribution in [0.4, 0.5) is 4.79 Å². The maximum Gasteiger partial charge on any atom is 0.314 e. The lowest BCUT2D eigenvalue weighted by Crippen LogP contribution is -2.35. The lowest BCUT2D eigenvalue weighted by molar-refractivity contribution is 0.213. The highest BCUT2D eigenvalue weighted by molar-refractivity contribution is 5.85. The second-order valence-corrected chi connectivity index (χ2v) is 1.51. The molecule has 0 aliphatic heterocycles. The lowest BCUT2D eigenvalue weighted by atomic mass is 10.5. The number of hydrogen-bond donors (Lipinski definition) is 1. The molecule has 3 nitrogen and oxygen atoms in total. The van der Waals surface area contributed by atoms with Crippen LogP contribution in [-0.2, 0) is 0 Å². The van der Waals surface area contributed by atoms with E-state index in [4.69, 9.17) is 5.73 Å². The van der Waals surface area contributed by atoms with Crippen LogP contribution in [0, 0.1) is 0 Å². The Labute approximate surface area is 73.8 Å². The molecule has 0 heterocycles. The van der Waals surface area contributed by atoms with E-state index >= 15 is 0 Å². The Hall–Kier alpha value is -0.150. The number of carbonyl (C=O) groups excluding carboxylic acids is 1. The van der Waals surface area contributed by atoms with Gasteiger partial charge in [-0.25, -0.2) is 4.79 Å². The molecule has 0 spiro atoms. The van der Waals surface area contributed by atoms with Gasteiger partial charge in [0.2, 0.25) is 0 Å². The van der Waals surface area contributed by atoms with Crippen molar-refractivity contribution >= 4 is 30.8 Å². The summed E-state index contributed by atoms with van der Waals surface area (Å²) in [7, 11) is 0. The predicted octanol–water partition coefficient (Wildman–Crippen LogP) is 1.25. The topological polar surface area (TPSA) is 46.3 Å². The van der Waals surface area contributed by atoms with Gasteiger partial charge in [-0.2, -0.15) is 0 Å². The Morgan fingerprint density at radius 1 is 1.30 bits per heavy atom. The first-order chi connectivity index (χ1) is 3.72. The number of halogens is 2. The van der Waals surface area contributed by atoms with Crippen molar-refractivity contribution in [1.29, 1.82) is 0 Å². The highest BCUT2D eigenvalue weighted by Gasteiger charge is 2.00. The number of amides is 2. The first-order valence-corrected chi connectivity index (χ1v) is 2.76. The molecule has 0 aromatic rings. The molecular formula is C5H14Cl2N2O. The quantitative estimate of drug-likeness (QED) is 0.698. The first-order valence-electron chi connectivity index (χ1n) is 2.76. The van der Waals surface area contributed by atoms with E-state index in [9.17, 15) is 4.79 Å². The summed E-state index contributed by atoms with van der Waals surface area (Å²) in [5.41, 5.74) is 4.94. The molecular weight excluding hydrogens is 175 g/mol. The van der Waals surface area contributed by atoms with Crippen LogP contribution < -0.4 is 5.73 Å². The van der Waals surface area contributed by atoms with E-state index in [1.54, 1.807) is 4.90 Å². The van der Waals surface area contributed by atoms with Crippen molar-refractivity contribution in [3.63, 3.8) is 0 Å². The fourth-order valence-corrected chi connectivity index (χ4v) is 0.535. The molecule has 0 unspecified atom stereocenters. The zero-order valence-electron chi connectivity index (χ0n) is 6.16. The molecule has 0 radical (unpaired) electrons. The van der Waals surface area contributed by atoms with Gasteiger partial charge in [0.05, 0.1) is 0 Å². The summed E-state index contributed by atoms with van der Waals surface area (Å²) in [5, 5.41) is 0. The van der Waals surface area contributed by atoms with Crippen molar-refractivity contribution < 1.29 is 4.79 Å². The summed E-state index contributed by atoms with van der Waals surface area (Å²) in [4.78, 5) is 11.9. The summed E-state index contributed by atoms with van der Waals surface area (Å²) in [5.74, 6) is 0. The monoisotopic (exact) mass is 188 g/mol. The normalized spacial score (nSPS) is 7.00. The molecule has 0 fully saturated rings. The fraction of sp³-hybridized carbons (Fsp3) is 0.800. The third-order valence-electron chi connectivity index (χ3n) is 1.08. The van der Waals surface area contributed by atoms with Gasteiger partial charge in [0.15, 0.2) is 0 Å². The van der Waals surface area contributed by atoms with Crippen LogP contribution in [0.3, 0.4) is 0 Å². The zero-order chi connectivity index (χ0) is 6.57. The Kier molecular flexibility index (Phi) is 14.6. The third kappa shape index (κ3) is 5.98. The Balaban J connectivity index is -0.000000245. The number of hydrogen-bond acceptors (Lipinski definition) is 1. The number of nitrogens with zero attached hydrogens (tertiary/aromatic N) is 1. The van der Waals surface area contributed by atoms with Crippen LogP contribution in [0.5, 0.6) is 0 Å². The summed E-state index contributed by atoms with van der Waals surface area (Å²) < 4.78 is 0. The van der Waals surface area contributed by atoms with E-state index in [2.05, 4.69) is 0 Å². The first kappa shape index (κ1) is 16.4. The zero-order valence-corrected chi connectivity index (χ0v) is 7.80. The SMILES string of the molecule is CCN(CC)C(N)=O.Cl.Cl. The van der Waals surface area contributed by atoms with Crippen LogP contribution >= 0.6 is 24.8 Å². The van der Waals surface area contributed by atoms with E-state index in [0.717, 1.165) is 0 Å². The number of nitrogens with two attached hydrogens (primary N) is 1. The molecule has 10 heavy (non-hydrogen) atoms. The molecule has 64 valence electrons. The number of urea groups is 1. The van der Waals surface area contributed by atoms with E-state index in [0.29, 0.717) is 13.1 Å². The summed E-state index contributed by atoms with van der Waals surface area (Å²) in [6.07, 6.45) is 0. The standard InChI is InChI=1S/C5H12N2O.2ClH/c1-3-7(4-2)5(6)8;;/h3-4H2,1-2H3,(H2,6,8);2*1H. The maximum atomic E-state index is 10.3.